The molecule has 1 heterocycles. The van der Waals surface area contributed by atoms with E-state index >= 15 is 0 Å². The average molecular weight is 546 g/mol. The van der Waals surface area contributed by atoms with Crippen molar-refractivity contribution in [2.45, 2.75) is 20.8 Å². The van der Waals surface area contributed by atoms with E-state index in [4.69, 9.17) is 14.2 Å². The van der Waals surface area contributed by atoms with Gasteiger partial charge in [-0.2, -0.15) is 0 Å². The van der Waals surface area contributed by atoms with Crippen LogP contribution in [0.3, 0.4) is 0 Å². The lowest BCUT2D eigenvalue weighted by molar-refractivity contribution is -0.394. The Balaban J connectivity index is 1.84. The number of non-ortho nitro benzene ring substituents is 1. The Morgan fingerprint density at radius 2 is 1.76 bits per heavy atom. The SMILES string of the molecule is CCOc1cc(/C=C2/SC(=O)N(CC(=O)OCC(C)C)C2=O)ccc1Oc1ccc([N+](=O)[O-])cc1[N+](=O)[O-]. The zero-order chi connectivity index (χ0) is 28.0. The number of amides is 2. The summed E-state index contributed by atoms with van der Waals surface area (Å²) in [6.07, 6.45) is 1.44. The number of nitrogens with zero attached hydrogens (tertiary/aromatic N) is 3. The third-order valence-corrected chi connectivity index (χ3v) is 5.78. The van der Waals surface area contributed by atoms with Gasteiger partial charge >= 0.3 is 11.7 Å². The number of benzene rings is 2. The third kappa shape index (κ3) is 6.85. The molecule has 2 amide bonds. The van der Waals surface area contributed by atoms with Crippen molar-refractivity contribution in [2.24, 2.45) is 5.92 Å². The lowest BCUT2D eigenvalue weighted by Gasteiger charge is -2.13. The number of rotatable bonds is 11. The number of imide groups is 1. The zero-order valence-electron chi connectivity index (χ0n) is 20.6. The largest absolute Gasteiger partial charge is 0.490 e. The van der Waals surface area contributed by atoms with Crippen LogP contribution in [0.4, 0.5) is 16.2 Å². The highest BCUT2D eigenvalue weighted by Gasteiger charge is 2.36. The van der Waals surface area contributed by atoms with Crippen molar-refractivity contribution < 1.29 is 38.4 Å². The van der Waals surface area contributed by atoms with Crippen LogP contribution in [0, 0.1) is 26.1 Å². The molecular formula is C24H23N3O10S. The normalized spacial score (nSPS) is 14.2. The topological polar surface area (TPSA) is 168 Å². The molecule has 13 nitrogen and oxygen atoms in total. The highest BCUT2D eigenvalue weighted by Crippen LogP contribution is 2.39. The quantitative estimate of drug-likeness (QED) is 0.162. The van der Waals surface area contributed by atoms with E-state index in [9.17, 15) is 34.6 Å². The molecule has 0 aliphatic carbocycles. The van der Waals surface area contributed by atoms with E-state index in [1.54, 1.807) is 6.92 Å². The number of carbonyl (C=O) groups excluding carboxylic acids is 3. The maximum Gasteiger partial charge on any atom is 0.326 e. The highest BCUT2D eigenvalue weighted by molar-refractivity contribution is 8.18. The first-order chi connectivity index (χ1) is 18.0. The van der Waals surface area contributed by atoms with Gasteiger partial charge in [0.2, 0.25) is 5.75 Å². The van der Waals surface area contributed by atoms with Crippen molar-refractivity contribution in [1.29, 1.82) is 0 Å². The van der Waals surface area contributed by atoms with Crippen LogP contribution in [0.25, 0.3) is 6.08 Å². The number of nitro benzene ring substituents is 2. The fourth-order valence-corrected chi connectivity index (χ4v) is 3.99. The number of hydrogen-bond donors (Lipinski definition) is 0. The third-order valence-electron chi connectivity index (χ3n) is 4.87. The fourth-order valence-electron chi connectivity index (χ4n) is 3.16. The molecule has 200 valence electrons. The van der Waals surface area contributed by atoms with Gasteiger partial charge in [0.1, 0.15) is 6.54 Å². The fraction of sp³-hybridized carbons (Fsp3) is 0.292. The predicted octanol–water partition coefficient (Wildman–Crippen LogP) is 4.93. The van der Waals surface area contributed by atoms with Gasteiger partial charge in [0, 0.05) is 6.07 Å². The summed E-state index contributed by atoms with van der Waals surface area (Å²) in [6, 6.07) is 7.45. The highest BCUT2D eigenvalue weighted by atomic mass is 32.2. The molecule has 1 aliphatic rings. The minimum absolute atomic E-state index is 0.0776. The smallest absolute Gasteiger partial charge is 0.326 e. The maximum absolute atomic E-state index is 12.7. The minimum atomic E-state index is -0.800. The lowest BCUT2D eigenvalue weighted by Crippen LogP contribution is -2.34. The Morgan fingerprint density at radius 3 is 2.39 bits per heavy atom. The second kappa shape index (κ2) is 12.2. The number of hydrogen-bond acceptors (Lipinski definition) is 11. The Morgan fingerprint density at radius 1 is 1.05 bits per heavy atom. The van der Waals surface area contributed by atoms with Crippen molar-refractivity contribution in [1.82, 2.24) is 4.90 Å². The van der Waals surface area contributed by atoms with Crippen LogP contribution in [-0.2, 0) is 14.3 Å². The summed E-state index contributed by atoms with van der Waals surface area (Å²) in [6.45, 7) is 5.29. The first-order valence-electron chi connectivity index (χ1n) is 11.3. The molecule has 0 atom stereocenters. The molecular weight excluding hydrogens is 522 g/mol. The van der Waals surface area contributed by atoms with E-state index < -0.39 is 44.9 Å². The van der Waals surface area contributed by atoms with Crippen LogP contribution < -0.4 is 9.47 Å². The summed E-state index contributed by atoms with van der Waals surface area (Å²) < 4.78 is 16.3. The van der Waals surface area contributed by atoms with Crippen LogP contribution in [-0.4, -0.2) is 51.6 Å². The number of esters is 1. The van der Waals surface area contributed by atoms with Crippen molar-refractivity contribution in [3.8, 4) is 17.2 Å². The van der Waals surface area contributed by atoms with Crippen molar-refractivity contribution in [3.05, 3.63) is 67.1 Å². The van der Waals surface area contributed by atoms with E-state index in [2.05, 4.69) is 0 Å². The number of carbonyl (C=O) groups is 3. The molecule has 0 saturated carbocycles. The van der Waals surface area contributed by atoms with E-state index in [0.717, 1.165) is 23.1 Å². The summed E-state index contributed by atoms with van der Waals surface area (Å²) in [4.78, 5) is 58.8. The summed E-state index contributed by atoms with van der Waals surface area (Å²) >= 11 is 0.667. The second-order valence-corrected chi connectivity index (χ2v) is 9.25. The van der Waals surface area contributed by atoms with E-state index in [1.807, 2.05) is 13.8 Å². The van der Waals surface area contributed by atoms with Crippen molar-refractivity contribution in [3.63, 3.8) is 0 Å². The molecule has 0 N–H and O–H groups in total. The lowest BCUT2D eigenvalue weighted by atomic mass is 10.1. The number of thioether (sulfide) groups is 1. The van der Waals surface area contributed by atoms with Gasteiger partial charge in [0.05, 0.1) is 34.0 Å². The standard InChI is InChI=1S/C24H23N3O10S/c1-4-35-20-9-15(10-21-23(29)25(24(30)38-21)12-22(28)36-13-14(2)3)5-7-19(20)37-18-8-6-16(26(31)32)11-17(18)27(33)34/h5-11,14H,4,12-13H2,1-3H3/b21-10+. The molecule has 2 aromatic rings. The van der Waals surface area contributed by atoms with Crippen LogP contribution in [0.2, 0.25) is 0 Å². The van der Waals surface area contributed by atoms with Crippen LogP contribution in [0.15, 0.2) is 41.3 Å². The van der Waals surface area contributed by atoms with E-state index in [1.165, 1.54) is 24.3 Å². The first-order valence-corrected chi connectivity index (χ1v) is 12.1. The molecule has 0 aromatic heterocycles. The molecule has 0 radical (unpaired) electrons. The molecule has 1 fully saturated rings. The van der Waals surface area contributed by atoms with Gasteiger partial charge in [-0.1, -0.05) is 19.9 Å². The van der Waals surface area contributed by atoms with Gasteiger partial charge in [-0.15, -0.1) is 0 Å². The van der Waals surface area contributed by atoms with E-state index in [0.29, 0.717) is 17.3 Å². The number of ether oxygens (including phenoxy) is 3. The van der Waals surface area contributed by atoms with Gasteiger partial charge < -0.3 is 14.2 Å². The molecule has 0 bridgehead atoms. The molecule has 3 rings (SSSR count). The van der Waals surface area contributed by atoms with E-state index in [-0.39, 0.29) is 41.3 Å². The maximum atomic E-state index is 12.7. The van der Waals surface area contributed by atoms with Gasteiger partial charge in [0.25, 0.3) is 16.8 Å². The van der Waals surface area contributed by atoms with Crippen LogP contribution in [0.5, 0.6) is 17.2 Å². The Kier molecular flexibility index (Phi) is 9.02. The minimum Gasteiger partial charge on any atom is -0.490 e. The number of nitro groups is 2. The molecule has 38 heavy (non-hydrogen) atoms. The van der Waals surface area contributed by atoms with Crippen molar-refractivity contribution >= 4 is 46.3 Å². The van der Waals surface area contributed by atoms with Gasteiger partial charge in [-0.05, 0) is 54.4 Å². The molecule has 2 aromatic carbocycles. The van der Waals surface area contributed by atoms with Gasteiger partial charge in [-0.25, -0.2) is 0 Å². The monoisotopic (exact) mass is 545 g/mol. The molecule has 1 saturated heterocycles. The van der Waals surface area contributed by atoms with Gasteiger partial charge in [-0.3, -0.25) is 39.5 Å². The molecule has 0 unspecified atom stereocenters. The summed E-state index contributed by atoms with van der Waals surface area (Å²) in [5.74, 6) is -1.22. The summed E-state index contributed by atoms with van der Waals surface area (Å²) in [5, 5.41) is 21.8. The average Bonchev–Trinajstić information content (AvgIpc) is 3.11. The van der Waals surface area contributed by atoms with Crippen LogP contribution in [0.1, 0.15) is 26.3 Å². The summed E-state index contributed by atoms with van der Waals surface area (Å²) in [7, 11) is 0. The first kappa shape index (κ1) is 28.1. The Hall–Kier alpha value is -4.46. The molecule has 0 spiro atoms. The Labute approximate surface area is 220 Å². The predicted molar refractivity (Wildman–Crippen MR) is 136 cm³/mol. The molecule has 14 heteroatoms. The van der Waals surface area contributed by atoms with Crippen molar-refractivity contribution in [2.75, 3.05) is 19.8 Å². The van der Waals surface area contributed by atoms with Gasteiger partial charge in [0.15, 0.2) is 11.5 Å². The second-order valence-electron chi connectivity index (χ2n) is 8.25. The Bertz CT molecular complexity index is 1320. The molecule has 1 aliphatic heterocycles. The van der Waals surface area contributed by atoms with Crippen LogP contribution >= 0.6 is 11.8 Å². The zero-order valence-corrected chi connectivity index (χ0v) is 21.4. The summed E-state index contributed by atoms with van der Waals surface area (Å²) in [5.41, 5.74) is -0.621.